The second kappa shape index (κ2) is 8.84. The average Bonchev–Trinajstić information content (AvgIpc) is 2.30. The van der Waals surface area contributed by atoms with Crippen molar-refractivity contribution in [3.05, 3.63) is 0 Å². The average molecular weight is 264 g/mol. The molecule has 1 unspecified atom stereocenters. The van der Waals surface area contributed by atoms with Gasteiger partial charge < -0.3 is 13.8 Å². The third-order valence-corrected chi connectivity index (χ3v) is 4.92. The van der Waals surface area contributed by atoms with Crippen LogP contribution in [0.4, 0.5) is 0 Å². The van der Waals surface area contributed by atoms with Gasteiger partial charge in [-0.1, -0.05) is 20.8 Å². The van der Waals surface area contributed by atoms with Gasteiger partial charge in [-0.3, -0.25) is 4.57 Å². The molecule has 0 saturated heterocycles. The Morgan fingerprint density at radius 3 is 1.88 bits per heavy atom. The molecule has 0 rings (SSSR count). The maximum absolute atomic E-state index is 12.6. The van der Waals surface area contributed by atoms with E-state index in [0.717, 1.165) is 12.8 Å². The molecule has 0 fully saturated rings. The molecule has 0 spiro atoms. The van der Waals surface area contributed by atoms with E-state index < -0.39 is 7.60 Å². The van der Waals surface area contributed by atoms with Gasteiger partial charge in [0.1, 0.15) is 5.78 Å². The zero-order chi connectivity index (χ0) is 13.3. The third-order valence-electron chi connectivity index (χ3n) is 2.39. The van der Waals surface area contributed by atoms with Gasteiger partial charge in [0.15, 0.2) is 0 Å². The summed E-state index contributed by atoms with van der Waals surface area (Å²) in [5.74, 6) is 0.0253. The molecule has 0 N–H and O–H groups in total. The van der Waals surface area contributed by atoms with Crippen molar-refractivity contribution in [3.63, 3.8) is 0 Å². The Morgan fingerprint density at radius 1 is 1.12 bits per heavy atom. The predicted molar refractivity (Wildman–Crippen MR) is 69.5 cm³/mol. The van der Waals surface area contributed by atoms with E-state index in [1.807, 2.05) is 20.8 Å². The number of hydrogen-bond donors (Lipinski definition) is 0. The van der Waals surface area contributed by atoms with E-state index in [4.69, 9.17) is 9.05 Å². The highest BCUT2D eigenvalue weighted by Crippen LogP contribution is 2.55. The Balaban J connectivity index is 4.70. The molecule has 0 aliphatic heterocycles. The van der Waals surface area contributed by atoms with Crippen molar-refractivity contribution < 1.29 is 18.4 Å². The zero-order valence-electron chi connectivity index (χ0n) is 11.4. The van der Waals surface area contributed by atoms with Crippen LogP contribution in [0.15, 0.2) is 0 Å². The Morgan fingerprint density at radius 2 is 1.59 bits per heavy atom. The van der Waals surface area contributed by atoms with Crippen LogP contribution in [0, 0.1) is 0 Å². The van der Waals surface area contributed by atoms with Crippen LogP contribution < -0.4 is 0 Å². The molecule has 0 heterocycles. The van der Waals surface area contributed by atoms with Gasteiger partial charge >= 0.3 is 7.60 Å². The Hall–Kier alpha value is -0.180. The number of rotatable bonds is 10. The lowest BCUT2D eigenvalue weighted by Gasteiger charge is -2.25. The molecular formula is C12H25O4P. The minimum Gasteiger partial charge on any atom is -0.308 e. The van der Waals surface area contributed by atoms with Crippen LogP contribution >= 0.6 is 7.60 Å². The van der Waals surface area contributed by atoms with E-state index >= 15 is 0 Å². The summed E-state index contributed by atoms with van der Waals surface area (Å²) in [5.41, 5.74) is -0.307. The lowest BCUT2D eigenvalue weighted by Crippen LogP contribution is -2.16. The van der Waals surface area contributed by atoms with E-state index in [9.17, 15) is 9.36 Å². The van der Waals surface area contributed by atoms with Crippen LogP contribution in [0.1, 0.15) is 53.4 Å². The summed E-state index contributed by atoms with van der Waals surface area (Å²) in [4.78, 5) is 11.2. The molecule has 0 aromatic carbocycles. The smallest absolute Gasteiger partial charge is 0.308 e. The summed E-state index contributed by atoms with van der Waals surface area (Å²) in [6.07, 6.45) is 2.47. The largest absolute Gasteiger partial charge is 0.334 e. The van der Waals surface area contributed by atoms with Gasteiger partial charge in [0.2, 0.25) is 0 Å². The summed E-state index contributed by atoms with van der Waals surface area (Å²) in [7, 11) is -3.14. The van der Waals surface area contributed by atoms with Crippen LogP contribution in [0.5, 0.6) is 0 Å². The molecule has 0 amide bonds. The van der Waals surface area contributed by atoms with Crippen LogP contribution in [-0.2, 0) is 18.4 Å². The fourth-order valence-electron chi connectivity index (χ4n) is 1.50. The molecule has 17 heavy (non-hydrogen) atoms. The first-order chi connectivity index (χ1) is 8.00. The molecule has 0 aromatic rings. The normalized spacial score (nSPS) is 13.6. The summed E-state index contributed by atoms with van der Waals surface area (Å²) in [5, 5.41) is 0. The van der Waals surface area contributed by atoms with Crippen molar-refractivity contribution >= 4 is 13.4 Å². The van der Waals surface area contributed by atoms with E-state index in [1.54, 1.807) is 0 Å². The Kier molecular flexibility index (Phi) is 8.75. The molecule has 0 radical (unpaired) electrons. The van der Waals surface area contributed by atoms with E-state index in [1.165, 1.54) is 6.92 Å². The van der Waals surface area contributed by atoms with Gasteiger partial charge in [-0.15, -0.1) is 0 Å². The van der Waals surface area contributed by atoms with Crippen molar-refractivity contribution in [1.82, 2.24) is 0 Å². The molecule has 4 nitrogen and oxygen atoms in total. The molecule has 102 valence electrons. The molecule has 0 aromatic heterocycles. The first-order valence-electron chi connectivity index (χ1n) is 6.38. The summed E-state index contributed by atoms with van der Waals surface area (Å²) in [6, 6.07) is 0. The topological polar surface area (TPSA) is 52.6 Å². The highest BCUT2D eigenvalue weighted by molar-refractivity contribution is 7.54. The van der Waals surface area contributed by atoms with Crippen molar-refractivity contribution in [3.8, 4) is 0 Å². The summed E-state index contributed by atoms with van der Waals surface area (Å²) >= 11 is 0. The van der Waals surface area contributed by atoms with Crippen LogP contribution in [0.2, 0.25) is 0 Å². The third kappa shape index (κ3) is 6.35. The zero-order valence-corrected chi connectivity index (χ0v) is 12.3. The van der Waals surface area contributed by atoms with E-state index in [0.29, 0.717) is 19.6 Å². The molecule has 5 heteroatoms. The first kappa shape index (κ1) is 16.8. The molecule has 0 bridgehead atoms. The number of hydrogen-bond acceptors (Lipinski definition) is 4. The standard InChI is InChI=1S/C12H25O4P/c1-5-8-15-17(14,16-9-6-2)12(7-3)10-11(4)13/h12H,5-10H2,1-4H3. The van der Waals surface area contributed by atoms with Gasteiger partial charge in [-0.2, -0.15) is 0 Å². The molecule has 0 saturated carbocycles. The second-order valence-corrected chi connectivity index (χ2v) is 6.50. The minimum absolute atomic E-state index is 0.0253. The van der Waals surface area contributed by atoms with Crippen molar-refractivity contribution in [2.45, 2.75) is 59.0 Å². The van der Waals surface area contributed by atoms with Crippen LogP contribution in [-0.4, -0.2) is 24.7 Å². The van der Waals surface area contributed by atoms with Gasteiger partial charge in [0, 0.05) is 6.42 Å². The summed E-state index contributed by atoms with van der Waals surface area (Å²) < 4.78 is 23.4. The monoisotopic (exact) mass is 264 g/mol. The molecule has 0 aliphatic rings. The van der Waals surface area contributed by atoms with Gasteiger partial charge in [-0.25, -0.2) is 0 Å². The molecule has 1 atom stereocenters. The maximum Gasteiger partial charge on any atom is 0.334 e. The molecule has 0 aliphatic carbocycles. The lowest BCUT2D eigenvalue weighted by molar-refractivity contribution is -0.117. The number of carbonyl (C=O) groups is 1. The van der Waals surface area contributed by atoms with Gasteiger partial charge in [-0.05, 0) is 26.2 Å². The van der Waals surface area contributed by atoms with Gasteiger partial charge in [0.25, 0.3) is 0 Å². The fourth-order valence-corrected chi connectivity index (χ4v) is 3.79. The van der Waals surface area contributed by atoms with Crippen molar-refractivity contribution in [2.75, 3.05) is 13.2 Å². The second-order valence-electron chi connectivity index (χ2n) is 4.17. The number of Topliss-reactive ketones (excluding diaryl/α,β-unsaturated/α-hetero) is 1. The highest BCUT2D eigenvalue weighted by Gasteiger charge is 2.35. The Bertz CT molecular complexity index is 253. The minimum atomic E-state index is -3.14. The Labute approximate surface area is 105 Å². The van der Waals surface area contributed by atoms with Gasteiger partial charge in [0.05, 0.1) is 18.9 Å². The summed E-state index contributed by atoms with van der Waals surface area (Å²) in [6.45, 7) is 8.15. The van der Waals surface area contributed by atoms with Crippen LogP contribution in [0.3, 0.4) is 0 Å². The lowest BCUT2D eigenvalue weighted by atomic mass is 10.2. The van der Waals surface area contributed by atoms with Crippen molar-refractivity contribution in [2.24, 2.45) is 0 Å². The first-order valence-corrected chi connectivity index (χ1v) is 7.99. The SMILES string of the molecule is CCCOP(=O)(OCCC)C(CC)CC(C)=O. The quantitative estimate of drug-likeness (QED) is 0.563. The van der Waals surface area contributed by atoms with Crippen LogP contribution in [0.25, 0.3) is 0 Å². The van der Waals surface area contributed by atoms with Crippen molar-refractivity contribution in [1.29, 1.82) is 0 Å². The number of ketones is 1. The maximum atomic E-state index is 12.6. The van der Waals surface area contributed by atoms with E-state index in [2.05, 4.69) is 0 Å². The fraction of sp³-hybridized carbons (Fsp3) is 0.917. The highest BCUT2D eigenvalue weighted by atomic mass is 31.2. The molecular weight excluding hydrogens is 239 g/mol. The van der Waals surface area contributed by atoms with E-state index in [-0.39, 0.29) is 17.9 Å². The predicted octanol–water partition coefficient (Wildman–Crippen LogP) is 3.79. The number of carbonyl (C=O) groups excluding carboxylic acids is 1.